The SMILES string of the molecule is N#CC1=C(N)Oc2cc(OC(=O)C(c3ccccc3)c3ccccc3)ccc2C1c1cccc(OCc2ccc(F)cc2)c1. The molecule has 6 nitrogen and oxygen atoms in total. The second-order valence-corrected chi connectivity index (χ2v) is 10.3. The van der Waals surface area contributed by atoms with E-state index >= 15 is 0 Å². The van der Waals surface area contributed by atoms with Crippen LogP contribution in [0.5, 0.6) is 17.2 Å². The van der Waals surface area contributed by atoms with Crippen LogP contribution in [0.3, 0.4) is 0 Å². The number of halogens is 1. The predicted molar refractivity (Wildman–Crippen MR) is 163 cm³/mol. The molecule has 0 saturated heterocycles. The highest BCUT2D eigenvalue weighted by atomic mass is 19.1. The quantitative estimate of drug-likeness (QED) is 0.152. The Balaban J connectivity index is 1.28. The molecule has 0 fully saturated rings. The fourth-order valence-electron chi connectivity index (χ4n) is 5.30. The molecular formula is C37H27FN2O4. The minimum absolute atomic E-state index is 0.0300. The number of nitrogens with zero attached hydrogens (tertiary/aromatic N) is 1. The molecule has 5 aromatic carbocycles. The zero-order valence-corrected chi connectivity index (χ0v) is 23.5. The van der Waals surface area contributed by atoms with Crippen molar-refractivity contribution in [1.82, 2.24) is 0 Å². The Kier molecular flexibility index (Phi) is 8.06. The normalized spacial score (nSPS) is 13.9. The van der Waals surface area contributed by atoms with Crippen LogP contribution in [-0.2, 0) is 11.4 Å². The van der Waals surface area contributed by atoms with Gasteiger partial charge in [-0.05, 0) is 52.6 Å². The summed E-state index contributed by atoms with van der Waals surface area (Å²) >= 11 is 0. The van der Waals surface area contributed by atoms with E-state index in [0.717, 1.165) is 22.3 Å². The lowest BCUT2D eigenvalue weighted by molar-refractivity contribution is -0.135. The number of esters is 1. The molecule has 44 heavy (non-hydrogen) atoms. The maximum Gasteiger partial charge on any atom is 0.323 e. The van der Waals surface area contributed by atoms with E-state index in [1.807, 2.05) is 84.9 Å². The lowest BCUT2D eigenvalue weighted by atomic mass is 9.83. The molecule has 0 bridgehead atoms. The van der Waals surface area contributed by atoms with Crippen molar-refractivity contribution in [3.05, 3.63) is 172 Å². The molecule has 6 rings (SSSR count). The summed E-state index contributed by atoms with van der Waals surface area (Å²) in [5.41, 5.74) is 10.4. The number of benzene rings is 5. The van der Waals surface area contributed by atoms with Crippen molar-refractivity contribution < 1.29 is 23.4 Å². The van der Waals surface area contributed by atoms with Gasteiger partial charge in [0.15, 0.2) is 0 Å². The molecule has 1 heterocycles. The first-order chi connectivity index (χ1) is 21.5. The summed E-state index contributed by atoms with van der Waals surface area (Å²) in [6.07, 6.45) is 0. The average molecular weight is 583 g/mol. The van der Waals surface area contributed by atoms with Crippen LogP contribution in [0.2, 0.25) is 0 Å². The molecule has 1 unspecified atom stereocenters. The fourth-order valence-corrected chi connectivity index (χ4v) is 5.30. The zero-order valence-electron chi connectivity index (χ0n) is 23.5. The van der Waals surface area contributed by atoms with Gasteiger partial charge in [-0.1, -0.05) is 91.0 Å². The van der Waals surface area contributed by atoms with Crippen molar-refractivity contribution in [1.29, 1.82) is 5.26 Å². The van der Waals surface area contributed by atoms with Crippen molar-refractivity contribution in [2.75, 3.05) is 0 Å². The van der Waals surface area contributed by atoms with Gasteiger partial charge in [0.2, 0.25) is 5.88 Å². The number of fused-ring (bicyclic) bond motifs is 1. The molecule has 0 aromatic heterocycles. The van der Waals surface area contributed by atoms with Crippen LogP contribution in [0.1, 0.15) is 39.7 Å². The molecule has 7 heteroatoms. The van der Waals surface area contributed by atoms with E-state index < -0.39 is 17.8 Å². The Labute approximate surface area is 254 Å². The summed E-state index contributed by atoms with van der Waals surface area (Å²) < 4.78 is 31.0. The van der Waals surface area contributed by atoms with Gasteiger partial charge in [0.1, 0.15) is 47.2 Å². The number of nitriles is 1. The molecule has 0 radical (unpaired) electrons. The second kappa shape index (κ2) is 12.6. The van der Waals surface area contributed by atoms with Gasteiger partial charge in [-0.25, -0.2) is 4.39 Å². The second-order valence-electron chi connectivity index (χ2n) is 10.3. The van der Waals surface area contributed by atoms with Gasteiger partial charge in [0.25, 0.3) is 0 Å². The number of rotatable bonds is 8. The van der Waals surface area contributed by atoms with Gasteiger partial charge in [-0.15, -0.1) is 0 Å². The van der Waals surface area contributed by atoms with E-state index in [0.29, 0.717) is 17.1 Å². The van der Waals surface area contributed by atoms with E-state index in [2.05, 4.69) is 6.07 Å². The number of allylic oxidation sites excluding steroid dienone is 1. The van der Waals surface area contributed by atoms with Crippen LogP contribution in [0.25, 0.3) is 0 Å². The third kappa shape index (κ3) is 6.01. The van der Waals surface area contributed by atoms with Crippen LogP contribution >= 0.6 is 0 Å². The first-order valence-electron chi connectivity index (χ1n) is 14.0. The maximum atomic E-state index is 13.6. The summed E-state index contributed by atoms with van der Waals surface area (Å²) in [6.45, 7) is 0.249. The van der Waals surface area contributed by atoms with E-state index in [1.54, 1.807) is 30.3 Å². The van der Waals surface area contributed by atoms with Crippen LogP contribution in [0.15, 0.2) is 139 Å². The third-order valence-corrected chi connectivity index (χ3v) is 7.42. The average Bonchev–Trinajstić information content (AvgIpc) is 3.05. The summed E-state index contributed by atoms with van der Waals surface area (Å²) in [5, 5.41) is 10.0. The van der Waals surface area contributed by atoms with Crippen LogP contribution in [0, 0.1) is 17.1 Å². The molecule has 2 N–H and O–H groups in total. The van der Waals surface area contributed by atoms with E-state index in [1.165, 1.54) is 12.1 Å². The number of ether oxygens (including phenoxy) is 3. The molecule has 0 saturated carbocycles. The van der Waals surface area contributed by atoms with Crippen molar-refractivity contribution in [2.24, 2.45) is 5.73 Å². The monoisotopic (exact) mass is 582 g/mol. The maximum absolute atomic E-state index is 13.6. The molecule has 1 aliphatic heterocycles. The third-order valence-electron chi connectivity index (χ3n) is 7.42. The Morgan fingerprint density at radius 1 is 0.841 bits per heavy atom. The molecule has 0 aliphatic carbocycles. The fraction of sp³-hybridized carbons (Fsp3) is 0.0811. The number of nitrogens with two attached hydrogens (primary N) is 1. The van der Waals surface area contributed by atoms with Crippen LogP contribution < -0.4 is 19.9 Å². The number of carbonyl (C=O) groups is 1. The molecule has 0 amide bonds. The van der Waals surface area contributed by atoms with Crippen molar-refractivity contribution >= 4 is 5.97 Å². The first kappa shape index (κ1) is 28.3. The Morgan fingerprint density at radius 2 is 1.52 bits per heavy atom. The summed E-state index contributed by atoms with van der Waals surface area (Å²) in [7, 11) is 0. The zero-order chi connectivity index (χ0) is 30.5. The highest BCUT2D eigenvalue weighted by Gasteiger charge is 2.32. The summed E-state index contributed by atoms with van der Waals surface area (Å²) in [5.74, 6) is -0.709. The van der Waals surface area contributed by atoms with Gasteiger partial charge in [-0.3, -0.25) is 4.79 Å². The Hall–Kier alpha value is -5.87. The molecule has 1 aliphatic rings. The van der Waals surface area contributed by atoms with Gasteiger partial charge in [-0.2, -0.15) is 5.26 Å². The van der Waals surface area contributed by atoms with Gasteiger partial charge in [0, 0.05) is 11.6 Å². The van der Waals surface area contributed by atoms with Crippen molar-refractivity contribution in [2.45, 2.75) is 18.4 Å². The lowest BCUT2D eigenvalue weighted by Crippen LogP contribution is -2.22. The van der Waals surface area contributed by atoms with E-state index in [9.17, 15) is 14.4 Å². The molecular weight excluding hydrogens is 555 g/mol. The van der Waals surface area contributed by atoms with Crippen molar-refractivity contribution in [3.63, 3.8) is 0 Å². The standard InChI is InChI=1S/C37H27FN2O4/c38-28-16-14-24(15-17-28)23-42-29-13-7-12-27(20-29)35-31-19-18-30(21-33(31)44-36(40)32(35)22-39)43-37(41)34(25-8-3-1-4-9-25)26-10-5-2-6-11-26/h1-21,34-35H,23,40H2. The van der Waals surface area contributed by atoms with Gasteiger partial charge >= 0.3 is 5.97 Å². The number of hydrogen-bond donors (Lipinski definition) is 1. The minimum Gasteiger partial charge on any atom is -0.489 e. The highest BCUT2D eigenvalue weighted by Crippen LogP contribution is 2.44. The number of hydrogen-bond acceptors (Lipinski definition) is 6. The first-order valence-corrected chi connectivity index (χ1v) is 14.0. The molecule has 1 atom stereocenters. The Bertz CT molecular complexity index is 1830. The molecule has 0 spiro atoms. The van der Waals surface area contributed by atoms with Crippen LogP contribution in [0.4, 0.5) is 4.39 Å². The van der Waals surface area contributed by atoms with Crippen LogP contribution in [-0.4, -0.2) is 5.97 Å². The largest absolute Gasteiger partial charge is 0.489 e. The number of carbonyl (C=O) groups excluding carboxylic acids is 1. The van der Waals surface area contributed by atoms with E-state index in [-0.39, 0.29) is 29.6 Å². The highest BCUT2D eigenvalue weighted by molar-refractivity contribution is 5.84. The lowest BCUT2D eigenvalue weighted by Gasteiger charge is -2.27. The van der Waals surface area contributed by atoms with Crippen molar-refractivity contribution in [3.8, 4) is 23.3 Å². The smallest absolute Gasteiger partial charge is 0.323 e. The predicted octanol–water partition coefficient (Wildman–Crippen LogP) is 7.36. The molecule has 216 valence electrons. The van der Waals surface area contributed by atoms with Gasteiger partial charge < -0.3 is 19.9 Å². The summed E-state index contributed by atoms with van der Waals surface area (Å²) in [6, 6.07) is 39.6. The topological polar surface area (TPSA) is 94.6 Å². The Morgan fingerprint density at radius 3 is 2.18 bits per heavy atom. The van der Waals surface area contributed by atoms with E-state index in [4.69, 9.17) is 19.9 Å². The van der Waals surface area contributed by atoms with Gasteiger partial charge in [0.05, 0.1) is 5.92 Å². The summed E-state index contributed by atoms with van der Waals surface area (Å²) in [4.78, 5) is 13.6. The molecule has 5 aromatic rings. The minimum atomic E-state index is -0.630.